The van der Waals surface area contributed by atoms with E-state index in [1.54, 1.807) is 32.4 Å². The van der Waals surface area contributed by atoms with Crippen molar-refractivity contribution >= 4 is 28.2 Å². The first-order chi connectivity index (χ1) is 15.4. The minimum absolute atomic E-state index is 0.207. The summed E-state index contributed by atoms with van der Waals surface area (Å²) >= 11 is 1.28. The van der Waals surface area contributed by atoms with Gasteiger partial charge in [-0.2, -0.15) is 0 Å². The fourth-order valence-electron chi connectivity index (χ4n) is 3.38. The number of amides is 1. The Labute approximate surface area is 189 Å². The Morgan fingerprint density at radius 3 is 2.31 bits per heavy atom. The number of hydrogen-bond donors (Lipinski definition) is 1. The molecule has 1 amide bonds. The SMILES string of the molecule is COC(=O)c1c(NC(=O)CCc2ccc(OC)c(OC)c2)sc(C)c1-c1ccc(F)cc1. The number of benzene rings is 2. The lowest BCUT2D eigenvalue weighted by Crippen LogP contribution is -2.14. The summed E-state index contributed by atoms with van der Waals surface area (Å²) in [7, 11) is 4.40. The van der Waals surface area contributed by atoms with Gasteiger partial charge in [0, 0.05) is 16.9 Å². The molecule has 168 valence electrons. The summed E-state index contributed by atoms with van der Waals surface area (Å²) in [6.45, 7) is 1.84. The van der Waals surface area contributed by atoms with Gasteiger partial charge in [-0.1, -0.05) is 18.2 Å². The van der Waals surface area contributed by atoms with Crippen LogP contribution in [0.15, 0.2) is 42.5 Å². The van der Waals surface area contributed by atoms with Crippen LogP contribution < -0.4 is 14.8 Å². The van der Waals surface area contributed by atoms with E-state index in [1.807, 2.05) is 19.1 Å². The van der Waals surface area contributed by atoms with Crippen molar-refractivity contribution in [1.82, 2.24) is 0 Å². The average molecular weight is 458 g/mol. The normalized spacial score (nSPS) is 10.5. The van der Waals surface area contributed by atoms with Gasteiger partial charge in [0.25, 0.3) is 0 Å². The summed E-state index contributed by atoms with van der Waals surface area (Å²) in [5.74, 6) is 0.0349. The van der Waals surface area contributed by atoms with E-state index in [2.05, 4.69) is 5.32 Å². The van der Waals surface area contributed by atoms with Gasteiger partial charge in [0.05, 0.1) is 21.3 Å². The van der Waals surface area contributed by atoms with Crippen LogP contribution in [0.1, 0.15) is 27.2 Å². The van der Waals surface area contributed by atoms with Crippen LogP contribution in [0.2, 0.25) is 0 Å². The predicted octanol–water partition coefficient (Wildman–Crippen LogP) is 5.24. The van der Waals surface area contributed by atoms with E-state index < -0.39 is 5.97 Å². The number of methoxy groups -OCH3 is 3. The molecule has 0 saturated carbocycles. The van der Waals surface area contributed by atoms with Crippen LogP contribution in [0.25, 0.3) is 11.1 Å². The largest absolute Gasteiger partial charge is 0.493 e. The van der Waals surface area contributed by atoms with E-state index in [0.29, 0.717) is 34.0 Å². The Bertz CT molecular complexity index is 1120. The average Bonchev–Trinajstić information content (AvgIpc) is 3.12. The van der Waals surface area contributed by atoms with Crippen molar-refractivity contribution in [3.63, 3.8) is 0 Å². The highest BCUT2D eigenvalue weighted by Gasteiger charge is 2.25. The monoisotopic (exact) mass is 457 g/mol. The van der Waals surface area contributed by atoms with Gasteiger partial charge in [-0.05, 0) is 48.7 Å². The van der Waals surface area contributed by atoms with Crippen LogP contribution in [0.4, 0.5) is 9.39 Å². The molecular weight excluding hydrogens is 433 g/mol. The molecule has 8 heteroatoms. The Balaban J connectivity index is 1.81. The molecule has 0 saturated heterocycles. The van der Waals surface area contributed by atoms with Gasteiger partial charge in [0.2, 0.25) is 5.91 Å². The number of rotatable bonds is 8. The van der Waals surface area contributed by atoms with Gasteiger partial charge in [0.15, 0.2) is 11.5 Å². The maximum absolute atomic E-state index is 13.4. The molecule has 0 spiro atoms. The molecule has 0 radical (unpaired) electrons. The lowest BCUT2D eigenvalue weighted by atomic mass is 10.0. The molecule has 1 N–H and O–H groups in total. The Morgan fingerprint density at radius 1 is 1.00 bits per heavy atom. The lowest BCUT2D eigenvalue weighted by molar-refractivity contribution is -0.116. The molecule has 0 fully saturated rings. The molecule has 0 aliphatic rings. The minimum Gasteiger partial charge on any atom is -0.493 e. The smallest absolute Gasteiger partial charge is 0.341 e. The van der Waals surface area contributed by atoms with Gasteiger partial charge >= 0.3 is 5.97 Å². The Hall–Kier alpha value is -3.39. The number of thiophene rings is 1. The van der Waals surface area contributed by atoms with Crippen molar-refractivity contribution < 1.29 is 28.2 Å². The second-order valence-electron chi connectivity index (χ2n) is 6.97. The van der Waals surface area contributed by atoms with Crippen LogP contribution >= 0.6 is 11.3 Å². The summed E-state index contributed by atoms with van der Waals surface area (Å²) < 4.78 is 28.8. The zero-order chi connectivity index (χ0) is 23.3. The molecule has 6 nitrogen and oxygen atoms in total. The van der Waals surface area contributed by atoms with Crippen LogP contribution in [-0.4, -0.2) is 33.2 Å². The molecule has 2 aromatic carbocycles. The van der Waals surface area contributed by atoms with E-state index in [0.717, 1.165) is 10.4 Å². The second kappa shape index (κ2) is 10.3. The van der Waals surface area contributed by atoms with Crippen LogP contribution in [0, 0.1) is 12.7 Å². The standard InChI is InChI=1S/C24H24FNO5S/c1-14-21(16-7-9-17(25)10-8-16)22(24(28)31-4)23(32-14)26-20(27)12-6-15-5-11-18(29-2)19(13-15)30-3/h5,7-11,13H,6,12H2,1-4H3,(H,26,27). The van der Waals surface area contributed by atoms with E-state index in [1.165, 1.54) is 30.6 Å². The quantitative estimate of drug-likeness (QED) is 0.469. The summed E-state index contributed by atoms with van der Waals surface area (Å²) in [5.41, 5.74) is 2.48. The Kier molecular flexibility index (Phi) is 7.48. The van der Waals surface area contributed by atoms with Crippen molar-refractivity contribution in [2.24, 2.45) is 0 Å². The van der Waals surface area contributed by atoms with E-state index in [4.69, 9.17) is 14.2 Å². The number of esters is 1. The van der Waals surface area contributed by atoms with Gasteiger partial charge in [-0.15, -0.1) is 11.3 Å². The lowest BCUT2D eigenvalue weighted by Gasteiger charge is -2.10. The minimum atomic E-state index is -0.566. The topological polar surface area (TPSA) is 73.9 Å². The van der Waals surface area contributed by atoms with E-state index in [-0.39, 0.29) is 23.7 Å². The maximum Gasteiger partial charge on any atom is 0.341 e. The molecule has 0 aliphatic heterocycles. The van der Waals surface area contributed by atoms with Gasteiger partial charge in [-0.3, -0.25) is 4.79 Å². The van der Waals surface area contributed by atoms with Gasteiger partial charge < -0.3 is 19.5 Å². The first-order valence-corrected chi connectivity index (χ1v) is 10.7. The summed E-state index contributed by atoms with van der Waals surface area (Å²) in [5, 5.41) is 3.25. The number of anilines is 1. The molecule has 3 rings (SSSR count). The van der Waals surface area contributed by atoms with E-state index >= 15 is 0 Å². The number of halogens is 1. The highest BCUT2D eigenvalue weighted by Crippen LogP contribution is 2.40. The molecule has 1 heterocycles. The molecular formula is C24H24FNO5S. The van der Waals surface area contributed by atoms with E-state index in [9.17, 15) is 14.0 Å². The fourth-order valence-corrected chi connectivity index (χ4v) is 4.46. The maximum atomic E-state index is 13.4. The third kappa shape index (κ3) is 5.08. The molecule has 0 unspecified atom stereocenters. The summed E-state index contributed by atoms with van der Waals surface area (Å²) in [6.07, 6.45) is 0.688. The molecule has 3 aromatic rings. The fraction of sp³-hybridized carbons (Fsp3) is 0.250. The Morgan fingerprint density at radius 2 is 1.69 bits per heavy atom. The number of hydrogen-bond acceptors (Lipinski definition) is 6. The zero-order valence-corrected chi connectivity index (χ0v) is 19.1. The van der Waals surface area contributed by atoms with Crippen molar-refractivity contribution in [3.8, 4) is 22.6 Å². The first kappa shape index (κ1) is 23.3. The molecule has 32 heavy (non-hydrogen) atoms. The highest BCUT2D eigenvalue weighted by atomic mass is 32.1. The van der Waals surface area contributed by atoms with Crippen LogP contribution in [0.3, 0.4) is 0 Å². The number of nitrogens with one attached hydrogen (secondary N) is 1. The zero-order valence-electron chi connectivity index (χ0n) is 18.3. The number of carbonyl (C=O) groups excluding carboxylic acids is 2. The second-order valence-corrected chi connectivity index (χ2v) is 8.20. The first-order valence-electron chi connectivity index (χ1n) is 9.86. The molecule has 0 aliphatic carbocycles. The van der Waals surface area contributed by atoms with Gasteiger partial charge in [0.1, 0.15) is 16.4 Å². The van der Waals surface area contributed by atoms with Crippen molar-refractivity contribution in [3.05, 3.63) is 64.3 Å². The van der Waals surface area contributed by atoms with Crippen molar-refractivity contribution in [2.75, 3.05) is 26.6 Å². The third-order valence-electron chi connectivity index (χ3n) is 4.95. The van der Waals surface area contributed by atoms with Gasteiger partial charge in [-0.25, -0.2) is 9.18 Å². The molecule has 0 bridgehead atoms. The molecule has 0 atom stereocenters. The number of aryl methyl sites for hydroxylation is 2. The predicted molar refractivity (Wildman–Crippen MR) is 122 cm³/mol. The van der Waals surface area contributed by atoms with Crippen LogP contribution in [-0.2, 0) is 16.0 Å². The number of ether oxygens (including phenoxy) is 3. The van der Waals surface area contributed by atoms with Crippen LogP contribution in [0.5, 0.6) is 11.5 Å². The third-order valence-corrected chi connectivity index (χ3v) is 5.97. The van der Waals surface area contributed by atoms with Crippen molar-refractivity contribution in [2.45, 2.75) is 19.8 Å². The summed E-state index contributed by atoms with van der Waals surface area (Å²) in [4.78, 5) is 26.0. The number of carbonyl (C=O) groups is 2. The summed E-state index contributed by atoms with van der Waals surface area (Å²) in [6, 6.07) is 11.3. The highest BCUT2D eigenvalue weighted by molar-refractivity contribution is 7.17. The molecule has 1 aromatic heterocycles. The van der Waals surface area contributed by atoms with Crippen molar-refractivity contribution in [1.29, 1.82) is 0 Å².